The fraction of sp³-hybridized carbons (Fsp3) is 0.438. The molecule has 0 bridgehead atoms. The molecule has 122 valence electrons. The standard InChI is InChI=1S/C16H17FN2O3S/c17-11-5-6-12-14(8-11)23(21,22)15(13-2-1-7-19(12)13)16(20)18-9-10-3-4-10/h5-6,8,10H,1-4,7,9H2,(H,18,20). The molecule has 0 spiro atoms. The Balaban J connectivity index is 1.81. The molecule has 1 N–H and O–H groups in total. The van der Waals surface area contributed by atoms with Crippen molar-refractivity contribution >= 4 is 21.4 Å². The molecular formula is C16H17FN2O3S. The van der Waals surface area contributed by atoms with Crippen LogP contribution in [0.5, 0.6) is 0 Å². The molecular weight excluding hydrogens is 319 g/mol. The zero-order valence-electron chi connectivity index (χ0n) is 12.5. The van der Waals surface area contributed by atoms with Crippen LogP contribution in [0.25, 0.3) is 0 Å². The molecule has 1 aromatic carbocycles. The van der Waals surface area contributed by atoms with Crippen molar-refractivity contribution in [1.82, 2.24) is 5.32 Å². The van der Waals surface area contributed by atoms with Gasteiger partial charge in [-0.2, -0.15) is 0 Å². The number of hydrogen-bond acceptors (Lipinski definition) is 4. The highest BCUT2D eigenvalue weighted by Crippen LogP contribution is 2.43. The summed E-state index contributed by atoms with van der Waals surface area (Å²) in [4.78, 5) is 14.0. The van der Waals surface area contributed by atoms with Crippen molar-refractivity contribution in [3.63, 3.8) is 0 Å². The molecule has 1 saturated heterocycles. The molecule has 7 heteroatoms. The van der Waals surface area contributed by atoms with Gasteiger partial charge in [0.15, 0.2) is 4.91 Å². The van der Waals surface area contributed by atoms with E-state index in [0.717, 1.165) is 25.3 Å². The molecule has 2 aliphatic heterocycles. The minimum Gasteiger partial charge on any atom is -0.351 e. The van der Waals surface area contributed by atoms with E-state index in [1.807, 2.05) is 4.90 Å². The van der Waals surface area contributed by atoms with E-state index in [4.69, 9.17) is 0 Å². The average molecular weight is 336 g/mol. The molecule has 2 fully saturated rings. The first-order valence-corrected chi connectivity index (χ1v) is 9.30. The number of nitrogens with zero attached hydrogens (tertiary/aromatic N) is 1. The lowest BCUT2D eigenvalue weighted by atomic mass is 10.2. The van der Waals surface area contributed by atoms with Crippen LogP contribution in [-0.4, -0.2) is 27.4 Å². The van der Waals surface area contributed by atoms with Crippen LogP contribution in [0, 0.1) is 11.7 Å². The Labute approximate surface area is 134 Å². The Hall–Kier alpha value is -1.89. The summed E-state index contributed by atoms with van der Waals surface area (Å²) in [7, 11) is -4.00. The van der Waals surface area contributed by atoms with Crippen LogP contribution >= 0.6 is 0 Å². The van der Waals surface area contributed by atoms with Gasteiger partial charge >= 0.3 is 0 Å². The fourth-order valence-corrected chi connectivity index (χ4v) is 5.04. The third-order valence-corrected chi connectivity index (χ3v) is 6.47. The van der Waals surface area contributed by atoms with Gasteiger partial charge in [-0.05, 0) is 49.8 Å². The van der Waals surface area contributed by atoms with Gasteiger partial charge in [0.05, 0.1) is 10.6 Å². The van der Waals surface area contributed by atoms with Crippen LogP contribution in [0.15, 0.2) is 33.7 Å². The van der Waals surface area contributed by atoms with Gasteiger partial charge in [-0.25, -0.2) is 12.8 Å². The summed E-state index contributed by atoms with van der Waals surface area (Å²) in [5.41, 5.74) is 1.01. The number of benzene rings is 1. The van der Waals surface area contributed by atoms with Gasteiger partial charge in [0.2, 0.25) is 9.84 Å². The van der Waals surface area contributed by atoms with Gasteiger partial charge in [-0.3, -0.25) is 4.79 Å². The molecule has 0 radical (unpaired) electrons. The smallest absolute Gasteiger partial charge is 0.265 e. The molecule has 2 heterocycles. The molecule has 0 atom stereocenters. The van der Waals surface area contributed by atoms with Crippen LogP contribution in [0.1, 0.15) is 25.7 Å². The summed E-state index contributed by atoms with van der Waals surface area (Å²) < 4.78 is 39.4. The SMILES string of the molecule is O=C(NCC1CC1)C1=C2CCCN2c2ccc(F)cc2S1(=O)=O. The lowest BCUT2D eigenvalue weighted by Crippen LogP contribution is -2.36. The Morgan fingerprint density at radius 2 is 2.13 bits per heavy atom. The van der Waals surface area contributed by atoms with Gasteiger partial charge in [0.1, 0.15) is 5.82 Å². The second-order valence-electron chi connectivity index (χ2n) is 6.30. The molecule has 0 aromatic heterocycles. The third-order valence-electron chi connectivity index (χ3n) is 4.61. The molecule has 1 aliphatic carbocycles. The van der Waals surface area contributed by atoms with E-state index >= 15 is 0 Å². The van der Waals surface area contributed by atoms with Gasteiger partial charge in [0.25, 0.3) is 5.91 Å². The Morgan fingerprint density at radius 1 is 1.35 bits per heavy atom. The van der Waals surface area contributed by atoms with Crippen molar-refractivity contribution in [3.05, 3.63) is 34.6 Å². The number of halogens is 1. The number of anilines is 1. The largest absolute Gasteiger partial charge is 0.351 e. The van der Waals surface area contributed by atoms with E-state index in [-0.39, 0.29) is 9.80 Å². The highest BCUT2D eigenvalue weighted by Gasteiger charge is 2.42. The molecule has 1 saturated carbocycles. The number of carbonyl (C=O) groups excluding carboxylic acids is 1. The zero-order valence-corrected chi connectivity index (χ0v) is 13.3. The average Bonchev–Trinajstić information content (AvgIpc) is 3.22. The van der Waals surface area contributed by atoms with Crippen LogP contribution in [-0.2, 0) is 14.6 Å². The Bertz CT molecular complexity index is 828. The topological polar surface area (TPSA) is 66.5 Å². The maximum atomic E-state index is 13.6. The minimum absolute atomic E-state index is 0.111. The number of hydrogen-bond donors (Lipinski definition) is 1. The van der Waals surface area contributed by atoms with Gasteiger partial charge in [-0.15, -0.1) is 0 Å². The number of nitrogens with one attached hydrogen (secondary N) is 1. The lowest BCUT2D eigenvalue weighted by molar-refractivity contribution is -0.117. The molecule has 0 unspecified atom stereocenters. The van der Waals surface area contributed by atoms with E-state index < -0.39 is 21.6 Å². The molecule has 23 heavy (non-hydrogen) atoms. The van der Waals surface area contributed by atoms with Gasteiger partial charge < -0.3 is 10.2 Å². The number of allylic oxidation sites excluding steroid dienone is 1. The van der Waals surface area contributed by atoms with Crippen molar-refractivity contribution in [2.24, 2.45) is 5.92 Å². The number of sulfone groups is 1. The Kier molecular flexibility index (Phi) is 3.23. The lowest BCUT2D eigenvalue weighted by Gasteiger charge is -2.30. The zero-order chi connectivity index (χ0) is 16.2. The first-order valence-electron chi connectivity index (χ1n) is 7.82. The number of carbonyl (C=O) groups is 1. The predicted octanol–water partition coefficient (Wildman–Crippen LogP) is 1.95. The molecule has 1 amide bonds. The molecule has 4 rings (SSSR count). The van der Waals surface area contributed by atoms with Gasteiger partial charge in [-0.1, -0.05) is 0 Å². The molecule has 3 aliphatic rings. The first-order chi connectivity index (χ1) is 11.0. The highest BCUT2D eigenvalue weighted by molar-refractivity contribution is 7.96. The molecule has 1 aromatic rings. The van der Waals surface area contributed by atoms with Gasteiger partial charge in [0, 0.05) is 18.8 Å². The van der Waals surface area contributed by atoms with E-state index in [1.165, 1.54) is 12.1 Å². The number of rotatable bonds is 3. The quantitative estimate of drug-likeness (QED) is 0.916. The summed E-state index contributed by atoms with van der Waals surface area (Å²) in [5, 5.41) is 2.73. The molecule has 5 nitrogen and oxygen atoms in total. The highest BCUT2D eigenvalue weighted by atomic mass is 32.2. The Morgan fingerprint density at radius 3 is 2.87 bits per heavy atom. The van der Waals surface area contributed by atoms with Crippen LogP contribution in [0.4, 0.5) is 10.1 Å². The van der Waals surface area contributed by atoms with Crippen LogP contribution in [0.2, 0.25) is 0 Å². The number of fused-ring (bicyclic) bond motifs is 3. The second kappa shape index (κ2) is 5.06. The van der Waals surface area contributed by atoms with Crippen molar-refractivity contribution < 1.29 is 17.6 Å². The summed E-state index contributed by atoms with van der Waals surface area (Å²) >= 11 is 0. The van der Waals surface area contributed by atoms with Crippen LogP contribution < -0.4 is 10.2 Å². The monoisotopic (exact) mass is 336 g/mol. The van der Waals surface area contributed by atoms with Crippen molar-refractivity contribution in [1.29, 1.82) is 0 Å². The second-order valence-corrected chi connectivity index (χ2v) is 8.15. The van der Waals surface area contributed by atoms with E-state index in [9.17, 15) is 17.6 Å². The van der Waals surface area contributed by atoms with Crippen molar-refractivity contribution in [2.45, 2.75) is 30.6 Å². The van der Waals surface area contributed by atoms with Crippen molar-refractivity contribution in [2.75, 3.05) is 18.0 Å². The summed E-state index contributed by atoms with van der Waals surface area (Å²) in [6.07, 6.45) is 3.46. The first kappa shape index (κ1) is 14.7. The van der Waals surface area contributed by atoms with E-state index in [0.29, 0.717) is 36.8 Å². The summed E-state index contributed by atoms with van der Waals surface area (Å²) in [6.45, 7) is 1.14. The fourth-order valence-electron chi connectivity index (χ4n) is 3.26. The maximum absolute atomic E-state index is 13.6. The van der Waals surface area contributed by atoms with Crippen LogP contribution in [0.3, 0.4) is 0 Å². The van der Waals surface area contributed by atoms with E-state index in [1.54, 1.807) is 0 Å². The summed E-state index contributed by atoms with van der Waals surface area (Å²) in [6, 6.07) is 3.74. The van der Waals surface area contributed by atoms with Crippen molar-refractivity contribution in [3.8, 4) is 0 Å². The normalized spacial score (nSPS) is 21.9. The summed E-state index contributed by atoms with van der Waals surface area (Å²) in [5.74, 6) is -0.721. The third kappa shape index (κ3) is 2.34. The number of amides is 1. The minimum atomic E-state index is -4.00. The van der Waals surface area contributed by atoms with E-state index in [2.05, 4.69) is 5.32 Å². The predicted molar refractivity (Wildman–Crippen MR) is 82.9 cm³/mol. The maximum Gasteiger partial charge on any atom is 0.265 e.